The lowest BCUT2D eigenvalue weighted by atomic mass is 9.93. The number of nitrogens with zero attached hydrogens (tertiary/aromatic N) is 2. The molecule has 1 aliphatic rings. The molecule has 2 N–H and O–H groups in total. The van der Waals surface area contributed by atoms with Crippen molar-refractivity contribution in [2.45, 2.75) is 31.8 Å². The highest BCUT2D eigenvalue weighted by atomic mass is 16.3. The van der Waals surface area contributed by atoms with Gasteiger partial charge in [-0.05, 0) is 25.3 Å². The number of hydrogen-bond acceptors (Lipinski definition) is 3. The molecule has 1 amide bonds. The quantitative estimate of drug-likeness (QED) is 0.749. The van der Waals surface area contributed by atoms with E-state index in [1.807, 2.05) is 4.68 Å². The Morgan fingerprint density at radius 3 is 3.29 bits per heavy atom. The predicted molar refractivity (Wildman–Crippen MR) is 63.3 cm³/mol. The zero-order valence-electron chi connectivity index (χ0n) is 9.72. The van der Waals surface area contributed by atoms with Gasteiger partial charge in [-0.1, -0.05) is 6.58 Å². The summed E-state index contributed by atoms with van der Waals surface area (Å²) in [5, 5.41) is 16.1. The number of amides is 1. The Morgan fingerprint density at radius 1 is 1.76 bits per heavy atom. The first-order valence-corrected chi connectivity index (χ1v) is 5.84. The van der Waals surface area contributed by atoms with Crippen LogP contribution in [0.1, 0.15) is 30.1 Å². The molecular weight excluding hydrogens is 218 g/mol. The molecule has 92 valence electrons. The second kappa shape index (κ2) is 5.14. The van der Waals surface area contributed by atoms with E-state index in [1.165, 1.54) is 6.08 Å². The van der Waals surface area contributed by atoms with E-state index in [4.69, 9.17) is 5.11 Å². The van der Waals surface area contributed by atoms with Crippen LogP contribution >= 0.6 is 0 Å². The van der Waals surface area contributed by atoms with Gasteiger partial charge >= 0.3 is 0 Å². The molecule has 0 bridgehead atoms. The van der Waals surface area contributed by atoms with Gasteiger partial charge in [0.2, 0.25) is 5.91 Å². The lowest BCUT2D eigenvalue weighted by Gasteiger charge is -2.23. The second-order valence-corrected chi connectivity index (χ2v) is 4.15. The Morgan fingerprint density at radius 2 is 2.59 bits per heavy atom. The van der Waals surface area contributed by atoms with Crippen molar-refractivity contribution in [2.24, 2.45) is 0 Å². The second-order valence-electron chi connectivity index (χ2n) is 4.15. The summed E-state index contributed by atoms with van der Waals surface area (Å²) in [6.07, 6.45) is 5.98. The van der Waals surface area contributed by atoms with Crippen LogP contribution in [0.25, 0.3) is 0 Å². The van der Waals surface area contributed by atoms with Gasteiger partial charge in [0.05, 0.1) is 25.4 Å². The van der Waals surface area contributed by atoms with Crippen molar-refractivity contribution in [3.8, 4) is 0 Å². The van der Waals surface area contributed by atoms with Gasteiger partial charge in [0.1, 0.15) is 0 Å². The Hall–Kier alpha value is -1.62. The van der Waals surface area contributed by atoms with E-state index < -0.39 is 0 Å². The van der Waals surface area contributed by atoms with Crippen LogP contribution < -0.4 is 5.32 Å². The fourth-order valence-corrected chi connectivity index (χ4v) is 2.29. The first-order chi connectivity index (χ1) is 8.26. The number of aliphatic hydroxyl groups is 1. The molecule has 0 radical (unpaired) electrons. The first-order valence-electron chi connectivity index (χ1n) is 5.84. The van der Waals surface area contributed by atoms with Crippen molar-refractivity contribution in [3.63, 3.8) is 0 Å². The van der Waals surface area contributed by atoms with Gasteiger partial charge in [-0.25, -0.2) is 0 Å². The van der Waals surface area contributed by atoms with Crippen LogP contribution in [0.2, 0.25) is 0 Å². The average molecular weight is 235 g/mol. The van der Waals surface area contributed by atoms with E-state index in [-0.39, 0.29) is 18.6 Å². The van der Waals surface area contributed by atoms with E-state index in [9.17, 15) is 4.79 Å². The molecule has 0 aromatic carbocycles. The highest BCUT2D eigenvalue weighted by molar-refractivity contribution is 5.87. The minimum Gasteiger partial charge on any atom is -0.394 e. The van der Waals surface area contributed by atoms with Crippen molar-refractivity contribution in [3.05, 3.63) is 30.1 Å². The third-order valence-electron chi connectivity index (χ3n) is 3.08. The van der Waals surface area contributed by atoms with E-state index >= 15 is 0 Å². The summed E-state index contributed by atoms with van der Waals surface area (Å²) in [6.45, 7) is 4.04. The maximum absolute atomic E-state index is 11.3. The van der Waals surface area contributed by atoms with Crippen LogP contribution in [0.3, 0.4) is 0 Å². The molecule has 0 spiro atoms. The van der Waals surface area contributed by atoms with Gasteiger partial charge in [0.15, 0.2) is 0 Å². The molecule has 2 rings (SSSR count). The summed E-state index contributed by atoms with van der Waals surface area (Å²) < 4.78 is 1.82. The number of rotatable bonds is 4. The molecule has 0 saturated heterocycles. The number of fused-ring (bicyclic) bond motifs is 1. The van der Waals surface area contributed by atoms with Gasteiger partial charge < -0.3 is 10.4 Å². The largest absolute Gasteiger partial charge is 0.394 e. The van der Waals surface area contributed by atoms with Crippen LogP contribution in [0.5, 0.6) is 0 Å². The van der Waals surface area contributed by atoms with Crippen LogP contribution in [0.15, 0.2) is 18.9 Å². The van der Waals surface area contributed by atoms with Gasteiger partial charge in [0.25, 0.3) is 0 Å². The van der Waals surface area contributed by atoms with Gasteiger partial charge in [-0.2, -0.15) is 5.10 Å². The first kappa shape index (κ1) is 11.9. The predicted octanol–water partition coefficient (Wildman–Crippen LogP) is 0.555. The Labute approximate surface area is 100 Å². The third-order valence-corrected chi connectivity index (χ3v) is 3.08. The molecule has 1 aromatic rings. The van der Waals surface area contributed by atoms with Crippen LogP contribution in [-0.2, 0) is 17.8 Å². The smallest absolute Gasteiger partial charge is 0.243 e. The van der Waals surface area contributed by atoms with Crippen LogP contribution in [0, 0.1) is 0 Å². The number of aromatic nitrogens is 2. The molecule has 1 unspecified atom stereocenters. The SMILES string of the molecule is C=CC(=O)NC1CCCc2c1cnn2CCO. The molecule has 5 heteroatoms. The highest BCUT2D eigenvalue weighted by Gasteiger charge is 2.24. The summed E-state index contributed by atoms with van der Waals surface area (Å²) in [7, 11) is 0. The van der Waals surface area contributed by atoms with E-state index in [1.54, 1.807) is 6.20 Å². The Bertz CT molecular complexity index is 425. The maximum Gasteiger partial charge on any atom is 0.243 e. The lowest BCUT2D eigenvalue weighted by Crippen LogP contribution is -2.29. The lowest BCUT2D eigenvalue weighted by molar-refractivity contribution is -0.117. The molecule has 1 heterocycles. The van der Waals surface area contributed by atoms with Gasteiger partial charge in [-0.15, -0.1) is 0 Å². The Balaban J connectivity index is 2.20. The molecular formula is C12H17N3O2. The van der Waals surface area contributed by atoms with Gasteiger partial charge in [0, 0.05) is 11.3 Å². The minimum absolute atomic E-state index is 0.0247. The fourth-order valence-electron chi connectivity index (χ4n) is 2.29. The molecule has 1 aromatic heterocycles. The van der Waals surface area contributed by atoms with E-state index in [2.05, 4.69) is 17.0 Å². The van der Waals surface area contributed by atoms with Crippen molar-refractivity contribution < 1.29 is 9.90 Å². The molecule has 0 aliphatic heterocycles. The molecule has 0 saturated carbocycles. The molecule has 1 atom stereocenters. The highest BCUT2D eigenvalue weighted by Crippen LogP contribution is 2.29. The summed E-state index contributed by atoms with van der Waals surface area (Å²) in [6, 6.07) is 0.0247. The number of nitrogens with one attached hydrogen (secondary N) is 1. The summed E-state index contributed by atoms with van der Waals surface area (Å²) in [4.78, 5) is 11.3. The maximum atomic E-state index is 11.3. The molecule has 17 heavy (non-hydrogen) atoms. The van der Waals surface area contributed by atoms with Crippen molar-refractivity contribution in [1.29, 1.82) is 0 Å². The number of carbonyl (C=O) groups is 1. The van der Waals surface area contributed by atoms with Crippen LogP contribution in [0.4, 0.5) is 0 Å². The standard InChI is InChI=1S/C12H17N3O2/c1-2-12(17)14-10-4-3-5-11-9(10)8-13-15(11)6-7-16/h2,8,10,16H,1,3-7H2,(H,14,17). The normalized spacial score (nSPS) is 18.5. The van der Waals surface area contributed by atoms with Crippen molar-refractivity contribution in [1.82, 2.24) is 15.1 Å². The molecule has 0 fully saturated rings. The Kier molecular flexibility index (Phi) is 3.58. The minimum atomic E-state index is -0.155. The monoisotopic (exact) mass is 235 g/mol. The molecule has 1 aliphatic carbocycles. The van der Waals surface area contributed by atoms with E-state index in [0.717, 1.165) is 30.5 Å². The third kappa shape index (κ3) is 2.39. The van der Waals surface area contributed by atoms with Gasteiger partial charge in [-0.3, -0.25) is 9.48 Å². The number of carbonyl (C=O) groups excluding carboxylic acids is 1. The average Bonchev–Trinajstić information content (AvgIpc) is 2.74. The zero-order valence-corrected chi connectivity index (χ0v) is 9.72. The topological polar surface area (TPSA) is 67.2 Å². The van der Waals surface area contributed by atoms with Crippen molar-refractivity contribution in [2.75, 3.05) is 6.61 Å². The summed E-state index contributed by atoms with van der Waals surface area (Å²) >= 11 is 0. The van der Waals surface area contributed by atoms with Crippen LogP contribution in [-0.4, -0.2) is 27.4 Å². The van der Waals surface area contributed by atoms with Crippen molar-refractivity contribution >= 4 is 5.91 Å². The number of aliphatic hydroxyl groups excluding tert-OH is 1. The summed E-state index contributed by atoms with van der Waals surface area (Å²) in [5.41, 5.74) is 2.19. The molecule has 5 nitrogen and oxygen atoms in total. The number of hydrogen-bond donors (Lipinski definition) is 2. The summed E-state index contributed by atoms with van der Waals surface area (Å²) in [5.74, 6) is -0.155. The fraction of sp³-hybridized carbons (Fsp3) is 0.500. The zero-order chi connectivity index (χ0) is 12.3. The van der Waals surface area contributed by atoms with E-state index in [0.29, 0.717) is 6.54 Å².